The molecule has 2 aromatic carbocycles. The van der Waals surface area contributed by atoms with Crippen LogP contribution in [-0.2, 0) is 0 Å². The van der Waals surface area contributed by atoms with Gasteiger partial charge < -0.3 is 20.1 Å². The first-order valence-electron chi connectivity index (χ1n) is 10.3. The highest BCUT2D eigenvalue weighted by atomic mass is 32.1. The first-order chi connectivity index (χ1) is 15.1. The molecule has 0 aliphatic carbocycles. The van der Waals surface area contributed by atoms with Crippen LogP contribution in [0.3, 0.4) is 0 Å². The Morgan fingerprint density at radius 3 is 2.71 bits per heavy atom. The standard InChI is InChI=1S/C25H20N4OS/c1-14(26)15-2-4-17-13-22(30-21(17)12-15)24-7-6-23(31-24)20-10-16-3-5-18(11-19(16)29-20)25-27-8-9-28-25/h2-7,10-13,26,29H,8-9H2,1H3,(H,27,28). The van der Waals surface area contributed by atoms with Gasteiger partial charge in [0.15, 0.2) is 0 Å². The number of aliphatic imine (C=N–C) groups is 1. The minimum absolute atomic E-state index is 0.538. The summed E-state index contributed by atoms with van der Waals surface area (Å²) in [6.07, 6.45) is 0. The Kier molecular flexibility index (Phi) is 4.07. The Morgan fingerprint density at radius 2 is 1.87 bits per heavy atom. The largest absolute Gasteiger partial charge is 0.455 e. The number of nitrogens with zero attached hydrogens (tertiary/aromatic N) is 1. The average molecular weight is 425 g/mol. The van der Waals surface area contributed by atoms with E-state index in [2.05, 4.69) is 57.8 Å². The first-order valence-corrected chi connectivity index (χ1v) is 11.1. The third-order valence-corrected chi connectivity index (χ3v) is 6.77. The zero-order valence-corrected chi connectivity index (χ0v) is 17.8. The number of fused-ring (bicyclic) bond motifs is 2. The van der Waals surface area contributed by atoms with E-state index in [4.69, 9.17) is 9.83 Å². The number of hydrogen-bond donors (Lipinski definition) is 3. The molecule has 152 valence electrons. The van der Waals surface area contributed by atoms with Crippen molar-refractivity contribution < 1.29 is 4.42 Å². The maximum atomic E-state index is 7.83. The number of nitrogens with one attached hydrogen (secondary N) is 3. The summed E-state index contributed by atoms with van der Waals surface area (Å²) in [5.41, 5.74) is 5.56. The van der Waals surface area contributed by atoms with E-state index < -0.39 is 0 Å². The molecule has 0 amide bonds. The molecular weight excluding hydrogens is 404 g/mol. The summed E-state index contributed by atoms with van der Waals surface area (Å²) in [4.78, 5) is 10.3. The number of amidine groups is 1. The van der Waals surface area contributed by atoms with Gasteiger partial charge in [-0.15, -0.1) is 11.3 Å². The van der Waals surface area contributed by atoms with Crippen LogP contribution < -0.4 is 5.32 Å². The molecule has 0 saturated carbocycles. The first kappa shape index (κ1) is 18.2. The van der Waals surface area contributed by atoms with Gasteiger partial charge in [-0.3, -0.25) is 4.99 Å². The fraction of sp³-hybridized carbons (Fsp3) is 0.120. The van der Waals surface area contributed by atoms with Gasteiger partial charge >= 0.3 is 0 Å². The number of thiophene rings is 1. The van der Waals surface area contributed by atoms with Crippen molar-refractivity contribution in [1.29, 1.82) is 5.41 Å². The number of furan rings is 1. The van der Waals surface area contributed by atoms with Crippen LogP contribution in [0, 0.1) is 5.41 Å². The maximum Gasteiger partial charge on any atom is 0.145 e. The molecule has 0 atom stereocenters. The van der Waals surface area contributed by atoms with Gasteiger partial charge in [-0.2, -0.15) is 0 Å². The molecule has 3 N–H and O–H groups in total. The van der Waals surface area contributed by atoms with Crippen molar-refractivity contribution in [3.8, 4) is 21.2 Å². The van der Waals surface area contributed by atoms with Gasteiger partial charge in [-0.05, 0) is 48.9 Å². The van der Waals surface area contributed by atoms with Crippen LogP contribution >= 0.6 is 11.3 Å². The molecule has 6 heteroatoms. The molecule has 3 aromatic heterocycles. The van der Waals surface area contributed by atoms with Gasteiger partial charge in [0, 0.05) is 34.1 Å². The van der Waals surface area contributed by atoms with Gasteiger partial charge in [0.2, 0.25) is 0 Å². The van der Waals surface area contributed by atoms with Gasteiger partial charge in [-0.25, -0.2) is 0 Å². The Balaban J connectivity index is 1.34. The number of aromatic nitrogens is 1. The molecule has 0 fully saturated rings. The molecule has 1 aliphatic rings. The molecule has 5 nitrogen and oxygen atoms in total. The highest BCUT2D eigenvalue weighted by molar-refractivity contribution is 7.18. The maximum absolute atomic E-state index is 7.83. The van der Waals surface area contributed by atoms with Crippen molar-refractivity contribution in [2.75, 3.05) is 13.1 Å². The summed E-state index contributed by atoms with van der Waals surface area (Å²) in [6, 6.07) is 20.8. The summed E-state index contributed by atoms with van der Waals surface area (Å²) in [5.74, 6) is 1.83. The normalized spacial score (nSPS) is 13.6. The van der Waals surface area contributed by atoms with Crippen molar-refractivity contribution >= 4 is 44.8 Å². The molecule has 1 aliphatic heterocycles. The topological polar surface area (TPSA) is 77.2 Å². The molecule has 0 saturated heterocycles. The second kappa shape index (κ2) is 6.96. The minimum Gasteiger partial charge on any atom is -0.455 e. The highest BCUT2D eigenvalue weighted by Crippen LogP contribution is 2.37. The fourth-order valence-electron chi connectivity index (χ4n) is 4.00. The predicted molar refractivity (Wildman–Crippen MR) is 129 cm³/mol. The van der Waals surface area contributed by atoms with Crippen molar-refractivity contribution in [3.63, 3.8) is 0 Å². The highest BCUT2D eigenvalue weighted by Gasteiger charge is 2.14. The van der Waals surface area contributed by atoms with Crippen LogP contribution in [0.25, 0.3) is 43.1 Å². The molecule has 0 bridgehead atoms. The van der Waals surface area contributed by atoms with E-state index >= 15 is 0 Å². The molecule has 5 aromatic rings. The Morgan fingerprint density at radius 1 is 1.00 bits per heavy atom. The van der Waals surface area contributed by atoms with Crippen molar-refractivity contribution in [2.24, 2.45) is 4.99 Å². The van der Waals surface area contributed by atoms with E-state index in [1.165, 1.54) is 10.3 Å². The SMILES string of the molecule is CC(=N)c1ccc2cc(-c3ccc(-c4cc5ccc(C6=NCCN6)cc5[nH]4)s3)oc2c1. The lowest BCUT2D eigenvalue weighted by atomic mass is 10.1. The number of rotatable bonds is 4. The average Bonchev–Trinajstić information content (AvgIpc) is 3.57. The third kappa shape index (κ3) is 3.16. The van der Waals surface area contributed by atoms with E-state index in [0.717, 1.165) is 62.9 Å². The van der Waals surface area contributed by atoms with E-state index in [9.17, 15) is 0 Å². The lowest BCUT2D eigenvalue weighted by molar-refractivity contribution is 0.633. The molecule has 0 spiro atoms. The van der Waals surface area contributed by atoms with Gasteiger partial charge in [0.1, 0.15) is 17.2 Å². The molecule has 0 radical (unpaired) electrons. The second-order valence-corrected chi connectivity index (χ2v) is 8.88. The molecule has 6 rings (SSSR count). The van der Waals surface area contributed by atoms with Crippen LogP contribution in [0.15, 0.2) is 70.1 Å². The summed E-state index contributed by atoms with van der Waals surface area (Å²) in [7, 11) is 0. The number of aromatic amines is 1. The molecule has 4 heterocycles. The fourth-order valence-corrected chi connectivity index (χ4v) is 4.93. The van der Waals surface area contributed by atoms with Gasteiger partial charge in [-0.1, -0.05) is 24.3 Å². The molecule has 0 unspecified atom stereocenters. The zero-order valence-electron chi connectivity index (χ0n) is 17.0. The summed E-state index contributed by atoms with van der Waals surface area (Å²) < 4.78 is 6.11. The quantitative estimate of drug-likeness (QED) is 0.307. The van der Waals surface area contributed by atoms with E-state index in [1.807, 2.05) is 18.2 Å². The molecule has 31 heavy (non-hydrogen) atoms. The smallest absolute Gasteiger partial charge is 0.145 e. The van der Waals surface area contributed by atoms with Gasteiger partial charge in [0.05, 0.1) is 22.0 Å². The van der Waals surface area contributed by atoms with E-state index in [1.54, 1.807) is 18.3 Å². The number of benzene rings is 2. The van der Waals surface area contributed by atoms with Crippen molar-refractivity contribution in [1.82, 2.24) is 10.3 Å². The van der Waals surface area contributed by atoms with Crippen LogP contribution in [0.2, 0.25) is 0 Å². The van der Waals surface area contributed by atoms with Crippen LogP contribution in [-0.4, -0.2) is 29.6 Å². The Hall–Kier alpha value is -3.64. The third-order valence-electron chi connectivity index (χ3n) is 5.64. The number of hydrogen-bond acceptors (Lipinski definition) is 5. The summed E-state index contributed by atoms with van der Waals surface area (Å²) in [5, 5.41) is 13.4. The van der Waals surface area contributed by atoms with Crippen LogP contribution in [0.4, 0.5) is 0 Å². The number of H-pyrrole nitrogens is 1. The zero-order chi connectivity index (χ0) is 20.9. The van der Waals surface area contributed by atoms with Crippen molar-refractivity contribution in [2.45, 2.75) is 6.92 Å². The van der Waals surface area contributed by atoms with Gasteiger partial charge in [0.25, 0.3) is 0 Å². The Labute approximate surface area is 183 Å². The monoisotopic (exact) mass is 424 g/mol. The second-order valence-electron chi connectivity index (χ2n) is 7.79. The minimum atomic E-state index is 0.538. The Bertz CT molecular complexity index is 1500. The van der Waals surface area contributed by atoms with Crippen LogP contribution in [0.1, 0.15) is 18.1 Å². The predicted octanol–water partition coefficient (Wildman–Crippen LogP) is 6.05. The summed E-state index contributed by atoms with van der Waals surface area (Å²) >= 11 is 1.71. The van der Waals surface area contributed by atoms with Crippen molar-refractivity contribution in [3.05, 3.63) is 71.8 Å². The summed E-state index contributed by atoms with van der Waals surface area (Å²) in [6.45, 7) is 3.54. The lowest BCUT2D eigenvalue weighted by Gasteiger charge is -2.01. The van der Waals surface area contributed by atoms with E-state index in [0.29, 0.717) is 5.71 Å². The molecular formula is C25H20N4OS. The van der Waals surface area contributed by atoms with Crippen LogP contribution in [0.5, 0.6) is 0 Å². The lowest BCUT2D eigenvalue weighted by Crippen LogP contribution is -2.19. The van der Waals surface area contributed by atoms with E-state index in [-0.39, 0.29) is 0 Å².